The Morgan fingerprint density at radius 1 is 1.62 bits per heavy atom. The highest BCUT2D eigenvalue weighted by Crippen LogP contribution is 2.31. The minimum absolute atomic E-state index is 0.0285. The number of nitrogens with one attached hydrogen (secondary N) is 1. The lowest BCUT2D eigenvalue weighted by Gasteiger charge is -2.40. The Labute approximate surface area is 98.6 Å². The van der Waals surface area contributed by atoms with Crippen molar-refractivity contribution in [3.05, 3.63) is 29.0 Å². The van der Waals surface area contributed by atoms with Crippen LogP contribution in [0.25, 0.3) is 0 Å². The first-order valence-electron chi connectivity index (χ1n) is 5.20. The Hall–Kier alpha value is -1.13. The molecule has 86 valence electrons. The Morgan fingerprint density at radius 2 is 2.38 bits per heavy atom. The SMILES string of the molecule is O=C(NC1(CO)CCC1)c1cc(Cl)ccn1. The molecule has 16 heavy (non-hydrogen) atoms. The van der Waals surface area contributed by atoms with Crippen LogP contribution < -0.4 is 5.32 Å². The second-order valence-corrected chi connectivity index (χ2v) is 4.54. The summed E-state index contributed by atoms with van der Waals surface area (Å²) < 4.78 is 0. The van der Waals surface area contributed by atoms with E-state index < -0.39 is 5.54 Å². The number of pyridine rings is 1. The van der Waals surface area contributed by atoms with Crippen LogP contribution in [-0.4, -0.2) is 28.1 Å². The fourth-order valence-electron chi connectivity index (χ4n) is 1.76. The minimum atomic E-state index is -0.443. The molecule has 4 nitrogen and oxygen atoms in total. The van der Waals surface area contributed by atoms with Crippen molar-refractivity contribution in [1.29, 1.82) is 0 Å². The topological polar surface area (TPSA) is 62.2 Å². The second-order valence-electron chi connectivity index (χ2n) is 4.11. The van der Waals surface area contributed by atoms with Gasteiger partial charge in [0.25, 0.3) is 5.91 Å². The largest absolute Gasteiger partial charge is 0.394 e. The molecule has 1 fully saturated rings. The number of halogens is 1. The van der Waals surface area contributed by atoms with Gasteiger partial charge in [-0.1, -0.05) is 11.6 Å². The molecule has 2 rings (SSSR count). The first-order chi connectivity index (χ1) is 7.65. The number of aliphatic hydroxyl groups excluding tert-OH is 1. The van der Waals surface area contributed by atoms with Crippen LogP contribution in [0.2, 0.25) is 5.02 Å². The van der Waals surface area contributed by atoms with Gasteiger partial charge in [-0.05, 0) is 31.4 Å². The first kappa shape index (κ1) is 11.4. The summed E-state index contributed by atoms with van der Waals surface area (Å²) >= 11 is 5.77. The lowest BCUT2D eigenvalue weighted by atomic mass is 9.77. The molecule has 0 atom stereocenters. The lowest BCUT2D eigenvalue weighted by molar-refractivity contribution is 0.0637. The lowest BCUT2D eigenvalue weighted by Crippen LogP contribution is -2.56. The molecule has 0 aliphatic heterocycles. The van der Waals surface area contributed by atoms with E-state index in [4.69, 9.17) is 11.6 Å². The van der Waals surface area contributed by atoms with Crippen molar-refractivity contribution < 1.29 is 9.90 Å². The summed E-state index contributed by atoms with van der Waals surface area (Å²) in [5, 5.41) is 12.5. The van der Waals surface area contributed by atoms with E-state index in [1.54, 1.807) is 6.07 Å². The predicted molar refractivity (Wildman–Crippen MR) is 60.4 cm³/mol. The summed E-state index contributed by atoms with van der Waals surface area (Å²) in [4.78, 5) is 15.8. The zero-order chi connectivity index (χ0) is 11.6. The summed E-state index contributed by atoms with van der Waals surface area (Å²) in [5.74, 6) is -0.281. The van der Waals surface area contributed by atoms with Gasteiger partial charge in [0.05, 0.1) is 12.1 Å². The van der Waals surface area contributed by atoms with Crippen molar-refractivity contribution >= 4 is 17.5 Å². The fraction of sp³-hybridized carbons (Fsp3) is 0.455. The van der Waals surface area contributed by atoms with Crippen LogP contribution in [0.3, 0.4) is 0 Å². The molecule has 0 bridgehead atoms. The molecule has 1 amide bonds. The molecule has 0 saturated heterocycles. The van der Waals surface area contributed by atoms with Gasteiger partial charge in [0, 0.05) is 11.2 Å². The van der Waals surface area contributed by atoms with Crippen molar-refractivity contribution in [3.8, 4) is 0 Å². The summed E-state index contributed by atoms with van der Waals surface area (Å²) in [6.07, 6.45) is 4.15. The molecule has 2 N–H and O–H groups in total. The van der Waals surface area contributed by atoms with E-state index in [9.17, 15) is 9.90 Å². The maximum atomic E-state index is 11.8. The van der Waals surface area contributed by atoms with Crippen LogP contribution in [0.5, 0.6) is 0 Å². The molecular weight excluding hydrogens is 228 g/mol. The highest BCUT2D eigenvalue weighted by Gasteiger charge is 2.38. The highest BCUT2D eigenvalue weighted by molar-refractivity contribution is 6.30. The predicted octanol–water partition coefficient (Wildman–Crippen LogP) is 1.38. The second kappa shape index (κ2) is 4.39. The van der Waals surface area contributed by atoms with E-state index in [1.165, 1.54) is 12.3 Å². The van der Waals surface area contributed by atoms with Crippen molar-refractivity contribution in [2.24, 2.45) is 0 Å². The first-order valence-corrected chi connectivity index (χ1v) is 5.58. The fourth-order valence-corrected chi connectivity index (χ4v) is 1.92. The van der Waals surface area contributed by atoms with E-state index in [2.05, 4.69) is 10.3 Å². The smallest absolute Gasteiger partial charge is 0.270 e. The summed E-state index contributed by atoms with van der Waals surface area (Å²) in [7, 11) is 0. The average molecular weight is 241 g/mol. The van der Waals surface area contributed by atoms with Crippen molar-refractivity contribution in [3.63, 3.8) is 0 Å². The molecule has 0 radical (unpaired) electrons. The van der Waals surface area contributed by atoms with Crippen molar-refractivity contribution in [2.75, 3.05) is 6.61 Å². The molecule has 0 aromatic carbocycles. The van der Waals surface area contributed by atoms with Gasteiger partial charge < -0.3 is 10.4 Å². The molecule has 1 aromatic heterocycles. The number of aromatic nitrogens is 1. The van der Waals surface area contributed by atoms with Gasteiger partial charge in [0.1, 0.15) is 5.69 Å². The molecule has 1 heterocycles. The van der Waals surface area contributed by atoms with Gasteiger partial charge in [0.15, 0.2) is 0 Å². The van der Waals surface area contributed by atoms with Crippen LogP contribution in [0.1, 0.15) is 29.8 Å². The molecular formula is C11H13ClN2O2. The number of hydrogen-bond acceptors (Lipinski definition) is 3. The van der Waals surface area contributed by atoms with Gasteiger partial charge >= 0.3 is 0 Å². The maximum absolute atomic E-state index is 11.8. The molecule has 0 unspecified atom stereocenters. The summed E-state index contributed by atoms with van der Waals surface area (Å²) in [6.45, 7) is -0.0285. The Kier molecular flexibility index (Phi) is 3.12. The van der Waals surface area contributed by atoms with Crippen LogP contribution >= 0.6 is 11.6 Å². The van der Waals surface area contributed by atoms with Crippen LogP contribution in [-0.2, 0) is 0 Å². The third-order valence-corrected chi connectivity index (χ3v) is 3.18. The number of amides is 1. The van der Waals surface area contributed by atoms with E-state index in [1.807, 2.05) is 0 Å². The van der Waals surface area contributed by atoms with Gasteiger partial charge in [-0.25, -0.2) is 0 Å². The van der Waals surface area contributed by atoms with Crippen LogP contribution in [0.15, 0.2) is 18.3 Å². The molecule has 1 aliphatic carbocycles. The number of rotatable bonds is 3. The highest BCUT2D eigenvalue weighted by atomic mass is 35.5. The number of carbonyl (C=O) groups excluding carboxylic acids is 1. The number of carbonyl (C=O) groups is 1. The van der Waals surface area contributed by atoms with Crippen molar-refractivity contribution in [1.82, 2.24) is 10.3 Å². The van der Waals surface area contributed by atoms with E-state index in [0.717, 1.165) is 19.3 Å². The Morgan fingerprint density at radius 3 is 2.88 bits per heavy atom. The van der Waals surface area contributed by atoms with E-state index in [-0.39, 0.29) is 18.2 Å². The van der Waals surface area contributed by atoms with Gasteiger partial charge in [0.2, 0.25) is 0 Å². The number of aliphatic hydroxyl groups is 1. The quantitative estimate of drug-likeness (QED) is 0.839. The molecule has 5 heteroatoms. The standard InChI is InChI=1S/C11H13ClN2O2/c12-8-2-5-13-9(6-8)10(16)14-11(7-15)3-1-4-11/h2,5-6,15H,1,3-4,7H2,(H,14,16). The minimum Gasteiger partial charge on any atom is -0.394 e. The van der Waals surface area contributed by atoms with Gasteiger partial charge in [-0.2, -0.15) is 0 Å². The third-order valence-electron chi connectivity index (χ3n) is 2.95. The normalized spacial score (nSPS) is 17.6. The molecule has 1 saturated carbocycles. The molecule has 1 aliphatic rings. The van der Waals surface area contributed by atoms with Crippen LogP contribution in [0.4, 0.5) is 0 Å². The summed E-state index contributed by atoms with van der Waals surface area (Å²) in [5.41, 5.74) is -0.159. The Bertz CT molecular complexity index is 399. The summed E-state index contributed by atoms with van der Waals surface area (Å²) in [6, 6.07) is 3.13. The number of hydrogen-bond donors (Lipinski definition) is 2. The number of nitrogens with zero attached hydrogens (tertiary/aromatic N) is 1. The van der Waals surface area contributed by atoms with Gasteiger partial charge in [-0.15, -0.1) is 0 Å². The van der Waals surface area contributed by atoms with Crippen LogP contribution in [0, 0.1) is 0 Å². The average Bonchev–Trinajstić information content (AvgIpc) is 2.23. The Balaban J connectivity index is 2.08. The van der Waals surface area contributed by atoms with E-state index >= 15 is 0 Å². The monoisotopic (exact) mass is 240 g/mol. The maximum Gasteiger partial charge on any atom is 0.270 e. The van der Waals surface area contributed by atoms with Crippen molar-refractivity contribution in [2.45, 2.75) is 24.8 Å². The third kappa shape index (κ3) is 2.18. The van der Waals surface area contributed by atoms with Gasteiger partial charge in [-0.3, -0.25) is 9.78 Å². The zero-order valence-corrected chi connectivity index (χ0v) is 9.50. The molecule has 0 spiro atoms. The zero-order valence-electron chi connectivity index (χ0n) is 8.74. The van der Waals surface area contributed by atoms with E-state index in [0.29, 0.717) is 5.02 Å². The molecule has 1 aromatic rings.